The molecule has 0 bridgehead atoms. The zero-order chi connectivity index (χ0) is 14.0. The third-order valence-electron chi connectivity index (χ3n) is 3.06. The molecule has 1 aromatic carbocycles. The minimum atomic E-state index is -5.02. The largest absolute Gasteiger partial charge is 0.488 e. The summed E-state index contributed by atoms with van der Waals surface area (Å²) in [5.74, 6) is 0.200. The molecule has 2 rings (SSSR count). The van der Waals surface area contributed by atoms with Crippen LogP contribution in [0, 0.1) is 11.8 Å². The zero-order valence-corrected chi connectivity index (χ0v) is 11.1. The standard InChI is InChI=1S/C12H14FNO4S/c1-8(9-2-3-9)12(15)14-10-4-6-11(7-5-10)18-19(13,16)17/h4-9H,2-3H2,1H3,(H,14,15). The lowest BCUT2D eigenvalue weighted by Gasteiger charge is -2.11. The molecule has 1 N–H and O–H groups in total. The summed E-state index contributed by atoms with van der Waals surface area (Å²) in [5, 5.41) is 2.72. The van der Waals surface area contributed by atoms with Gasteiger partial charge in [0.2, 0.25) is 5.91 Å². The number of amides is 1. The predicted octanol–water partition coefficient (Wildman–Crippen LogP) is 2.26. The highest BCUT2D eigenvalue weighted by Gasteiger charge is 2.32. The molecular formula is C12H14FNO4S. The third kappa shape index (κ3) is 4.20. The Balaban J connectivity index is 1.96. The number of benzene rings is 1. The summed E-state index contributed by atoms with van der Waals surface area (Å²) in [5.41, 5.74) is 0.515. The van der Waals surface area contributed by atoms with Crippen molar-refractivity contribution in [1.29, 1.82) is 0 Å². The Bertz CT molecular complexity index is 566. The van der Waals surface area contributed by atoms with Crippen LogP contribution in [0.25, 0.3) is 0 Å². The maximum Gasteiger partial charge on any atom is 0.488 e. The second-order valence-electron chi connectivity index (χ2n) is 4.62. The fourth-order valence-electron chi connectivity index (χ4n) is 1.78. The number of rotatable bonds is 5. The van der Waals surface area contributed by atoms with E-state index in [2.05, 4.69) is 9.50 Å². The Morgan fingerprint density at radius 3 is 2.42 bits per heavy atom. The highest BCUT2D eigenvalue weighted by atomic mass is 32.3. The van der Waals surface area contributed by atoms with Crippen LogP contribution in [-0.4, -0.2) is 14.3 Å². The summed E-state index contributed by atoms with van der Waals surface area (Å²) in [4.78, 5) is 11.8. The van der Waals surface area contributed by atoms with Gasteiger partial charge in [-0.15, -0.1) is 0 Å². The van der Waals surface area contributed by atoms with Gasteiger partial charge in [0.05, 0.1) is 0 Å². The Hall–Kier alpha value is -1.63. The van der Waals surface area contributed by atoms with Crippen LogP contribution in [0.2, 0.25) is 0 Å². The van der Waals surface area contributed by atoms with E-state index < -0.39 is 10.5 Å². The van der Waals surface area contributed by atoms with E-state index in [1.54, 1.807) is 0 Å². The second-order valence-corrected chi connectivity index (χ2v) is 5.57. The van der Waals surface area contributed by atoms with Gasteiger partial charge < -0.3 is 9.50 Å². The first-order valence-electron chi connectivity index (χ1n) is 5.90. The van der Waals surface area contributed by atoms with Gasteiger partial charge in [-0.25, -0.2) is 0 Å². The van der Waals surface area contributed by atoms with Crippen molar-refractivity contribution in [3.05, 3.63) is 24.3 Å². The summed E-state index contributed by atoms with van der Waals surface area (Å²) in [6.45, 7) is 1.88. The van der Waals surface area contributed by atoms with E-state index in [0.29, 0.717) is 11.6 Å². The number of hydrogen-bond acceptors (Lipinski definition) is 4. The van der Waals surface area contributed by atoms with Crippen LogP contribution >= 0.6 is 0 Å². The van der Waals surface area contributed by atoms with Gasteiger partial charge in [-0.05, 0) is 43.0 Å². The van der Waals surface area contributed by atoms with Crippen molar-refractivity contribution in [2.75, 3.05) is 5.32 Å². The highest BCUT2D eigenvalue weighted by Crippen LogP contribution is 2.37. The fourth-order valence-corrected chi connectivity index (χ4v) is 2.12. The summed E-state index contributed by atoms with van der Waals surface area (Å²) in [6, 6.07) is 5.46. The number of nitrogens with one attached hydrogen (secondary N) is 1. The minimum Gasteiger partial charge on any atom is -0.358 e. The molecule has 0 aromatic heterocycles. The van der Waals surface area contributed by atoms with Crippen molar-refractivity contribution in [2.24, 2.45) is 11.8 Å². The number of carbonyl (C=O) groups excluding carboxylic acids is 1. The monoisotopic (exact) mass is 287 g/mol. The van der Waals surface area contributed by atoms with E-state index >= 15 is 0 Å². The Kier molecular flexibility index (Phi) is 3.75. The Labute approximate surface area is 111 Å². The van der Waals surface area contributed by atoms with E-state index in [0.717, 1.165) is 12.8 Å². The van der Waals surface area contributed by atoms with E-state index in [4.69, 9.17) is 0 Å². The van der Waals surface area contributed by atoms with Crippen molar-refractivity contribution >= 4 is 22.1 Å². The molecule has 7 heteroatoms. The van der Waals surface area contributed by atoms with Crippen molar-refractivity contribution in [2.45, 2.75) is 19.8 Å². The van der Waals surface area contributed by atoms with Gasteiger partial charge in [0.25, 0.3) is 0 Å². The lowest BCUT2D eigenvalue weighted by molar-refractivity contribution is -0.119. The lowest BCUT2D eigenvalue weighted by atomic mass is 10.1. The minimum absolute atomic E-state index is 0.0397. The number of hydrogen-bond donors (Lipinski definition) is 1. The Morgan fingerprint density at radius 2 is 1.95 bits per heavy atom. The first-order valence-corrected chi connectivity index (χ1v) is 7.21. The number of anilines is 1. The molecule has 1 aliphatic carbocycles. The van der Waals surface area contributed by atoms with Crippen LogP contribution in [0.1, 0.15) is 19.8 Å². The maximum absolute atomic E-state index is 12.3. The van der Waals surface area contributed by atoms with Gasteiger partial charge in [0.1, 0.15) is 5.75 Å². The zero-order valence-electron chi connectivity index (χ0n) is 10.3. The smallest absolute Gasteiger partial charge is 0.358 e. The van der Waals surface area contributed by atoms with E-state index in [9.17, 15) is 17.1 Å². The Morgan fingerprint density at radius 1 is 1.37 bits per heavy atom. The lowest BCUT2D eigenvalue weighted by Crippen LogP contribution is -2.21. The van der Waals surface area contributed by atoms with Gasteiger partial charge in [0, 0.05) is 11.6 Å². The van der Waals surface area contributed by atoms with Crippen molar-refractivity contribution in [3.8, 4) is 5.75 Å². The first-order chi connectivity index (χ1) is 8.85. The van der Waals surface area contributed by atoms with Gasteiger partial charge in [0.15, 0.2) is 0 Å². The maximum atomic E-state index is 12.3. The van der Waals surface area contributed by atoms with E-state index in [1.165, 1.54) is 24.3 Å². The molecule has 1 saturated carbocycles. The molecule has 1 aliphatic rings. The van der Waals surface area contributed by atoms with Gasteiger partial charge in [-0.1, -0.05) is 10.8 Å². The van der Waals surface area contributed by atoms with Crippen LogP contribution in [0.3, 0.4) is 0 Å². The summed E-state index contributed by atoms with van der Waals surface area (Å²) in [6.07, 6.45) is 2.16. The molecule has 1 fully saturated rings. The van der Waals surface area contributed by atoms with Crippen molar-refractivity contribution in [3.63, 3.8) is 0 Å². The molecule has 1 unspecified atom stereocenters. The molecular weight excluding hydrogens is 273 g/mol. The molecule has 0 heterocycles. The summed E-state index contributed by atoms with van der Waals surface area (Å²) >= 11 is 0. The molecule has 0 spiro atoms. The predicted molar refractivity (Wildman–Crippen MR) is 67.6 cm³/mol. The van der Waals surface area contributed by atoms with Crippen molar-refractivity contribution < 1.29 is 21.3 Å². The van der Waals surface area contributed by atoms with Crippen LogP contribution in [0.15, 0.2) is 24.3 Å². The molecule has 5 nitrogen and oxygen atoms in total. The second kappa shape index (κ2) is 5.16. The molecule has 1 aromatic rings. The first kappa shape index (κ1) is 13.8. The summed E-state index contributed by atoms with van der Waals surface area (Å²) < 4.78 is 36.9. The van der Waals surface area contributed by atoms with Crippen LogP contribution < -0.4 is 9.50 Å². The normalized spacial score (nSPS) is 16.7. The fraction of sp³-hybridized carbons (Fsp3) is 0.417. The van der Waals surface area contributed by atoms with Gasteiger partial charge in [-0.2, -0.15) is 8.42 Å². The average Bonchev–Trinajstić information content (AvgIpc) is 3.12. The molecule has 0 aliphatic heterocycles. The third-order valence-corrected chi connectivity index (χ3v) is 3.45. The molecule has 1 amide bonds. The van der Waals surface area contributed by atoms with Gasteiger partial charge in [-0.3, -0.25) is 4.79 Å². The molecule has 104 valence electrons. The molecule has 0 radical (unpaired) electrons. The van der Waals surface area contributed by atoms with E-state index in [1.807, 2.05) is 6.92 Å². The topological polar surface area (TPSA) is 72.5 Å². The van der Waals surface area contributed by atoms with Gasteiger partial charge >= 0.3 is 10.5 Å². The highest BCUT2D eigenvalue weighted by molar-refractivity contribution is 7.81. The average molecular weight is 287 g/mol. The quantitative estimate of drug-likeness (QED) is 0.843. The van der Waals surface area contributed by atoms with Crippen LogP contribution in [-0.2, 0) is 15.3 Å². The number of carbonyl (C=O) groups is 1. The van der Waals surface area contributed by atoms with E-state index in [-0.39, 0.29) is 17.6 Å². The molecule has 1 atom stereocenters. The van der Waals surface area contributed by atoms with Crippen molar-refractivity contribution in [1.82, 2.24) is 0 Å². The molecule has 0 saturated heterocycles. The number of halogens is 1. The van der Waals surface area contributed by atoms with Crippen LogP contribution in [0.4, 0.5) is 9.57 Å². The summed E-state index contributed by atoms with van der Waals surface area (Å²) in [7, 11) is -5.02. The van der Waals surface area contributed by atoms with Crippen LogP contribution in [0.5, 0.6) is 5.75 Å². The SMILES string of the molecule is CC(C(=O)Nc1ccc(OS(=O)(=O)F)cc1)C1CC1. The molecule has 19 heavy (non-hydrogen) atoms.